The van der Waals surface area contributed by atoms with E-state index < -0.39 is 0 Å². The maximum Gasteiger partial charge on any atom is 0.222 e. The Morgan fingerprint density at radius 3 is 2.70 bits per heavy atom. The van der Waals surface area contributed by atoms with E-state index in [1.165, 1.54) is 25.0 Å². The van der Waals surface area contributed by atoms with Crippen molar-refractivity contribution in [3.05, 3.63) is 35.6 Å². The van der Waals surface area contributed by atoms with Crippen LogP contribution in [-0.4, -0.2) is 30.0 Å². The van der Waals surface area contributed by atoms with Gasteiger partial charge in [-0.2, -0.15) is 11.8 Å². The highest BCUT2D eigenvalue weighted by Gasteiger charge is 2.28. The molecule has 2 N–H and O–H groups in total. The Bertz CT molecular complexity index is 510. The molecule has 1 aliphatic heterocycles. The van der Waals surface area contributed by atoms with Gasteiger partial charge in [0.2, 0.25) is 5.91 Å². The van der Waals surface area contributed by atoms with Gasteiger partial charge in [0.05, 0.1) is 6.04 Å². The van der Waals surface area contributed by atoms with Crippen molar-refractivity contribution in [1.82, 2.24) is 10.6 Å². The van der Waals surface area contributed by atoms with Crippen LogP contribution in [0.1, 0.15) is 43.7 Å². The van der Waals surface area contributed by atoms with Gasteiger partial charge in [-0.3, -0.25) is 4.79 Å². The Morgan fingerprint density at radius 1 is 1.30 bits per heavy atom. The maximum atomic E-state index is 13.2. The molecule has 2 aliphatic rings. The summed E-state index contributed by atoms with van der Waals surface area (Å²) >= 11 is 1.90. The molecule has 3 nitrogen and oxygen atoms in total. The minimum absolute atomic E-state index is 0.0156. The van der Waals surface area contributed by atoms with Crippen molar-refractivity contribution >= 4 is 17.7 Å². The fourth-order valence-electron chi connectivity index (χ4n) is 3.64. The summed E-state index contributed by atoms with van der Waals surface area (Å²) < 4.78 is 13.2. The third-order valence-electron chi connectivity index (χ3n) is 4.85. The fourth-order valence-corrected chi connectivity index (χ4v) is 4.59. The topological polar surface area (TPSA) is 41.1 Å². The lowest BCUT2D eigenvalue weighted by molar-refractivity contribution is -0.122. The quantitative estimate of drug-likeness (QED) is 0.867. The number of hydrogen-bond donors (Lipinski definition) is 2. The van der Waals surface area contributed by atoms with Crippen LogP contribution < -0.4 is 10.6 Å². The van der Waals surface area contributed by atoms with E-state index in [0.717, 1.165) is 36.5 Å². The van der Waals surface area contributed by atoms with Crippen LogP contribution in [0.15, 0.2) is 24.3 Å². The number of benzene rings is 1. The molecule has 3 rings (SSSR count). The first-order chi connectivity index (χ1) is 11.2. The summed E-state index contributed by atoms with van der Waals surface area (Å²) in [7, 11) is 0. The van der Waals surface area contributed by atoms with Crippen molar-refractivity contribution in [2.45, 2.75) is 44.2 Å². The second kappa shape index (κ2) is 8.15. The molecule has 2 atom stereocenters. The highest BCUT2D eigenvalue weighted by atomic mass is 32.2. The van der Waals surface area contributed by atoms with E-state index in [4.69, 9.17) is 0 Å². The van der Waals surface area contributed by atoms with Gasteiger partial charge in [-0.15, -0.1) is 0 Å². The molecule has 0 spiro atoms. The molecule has 0 radical (unpaired) electrons. The van der Waals surface area contributed by atoms with E-state index in [2.05, 4.69) is 10.6 Å². The molecule has 1 heterocycles. The van der Waals surface area contributed by atoms with E-state index in [0.29, 0.717) is 12.3 Å². The lowest BCUT2D eigenvalue weighted by Crippen LogP contribution is -2.42. The summed E-state index contributed by atoms with van der Waals surface area (Å²) in [5.74, 6) is 2.47. The van der Waals surface area contributed by atoms with E-state index in [-0.39, 0.29) is 23.8 Å². The zero-order valence-corrected chi connectivity index (χ0v) is 14.2. The highest BCUT2D eigenvalue weighted by molar-refractivity contribution is 7.99. The molecule has 1 amide bonds. The van der Waals surface area contributed by atoms with Crippen LogP contribution in [0, 0.1) is 11.7 Å². The predicted octanol–water partition coefficient (Wildman–Crippen LogP) is 3.27. The molecule has 2 fully saturated rings. The van der Waals surface area contributed by atoms with Crippen LogP contribution in [0.5, 0.6) is 0 Å². The molecule has 0 bridgehead atoms. The second-order valence-corrected chi connectivity index (χ2v) is 7.72. The number of halogens is 1. The Kier molecular flexibility index (Phi) is 5.95. The van der Waals surface area contributed by atoms with Gasteiger partial charge in [-0.1, -0.05) is 25.0 Å². The lowest BCUT2D eigenvalue weighted by atomic mass is 9.91. The molecule has 2 unspecified atom stereocenters. The summed E-state index contributed by atoms with van der Waals surface area (Å²) in [6.07, 6.45) is 5.25. The minimum Gasteiger partial charge on any atom is -0.349 e. The first kappa shape index (κ1) is 16.8. The maximum absolute atomic E-state index is 13.2. The van der Waals surface area contributed by atoms with Crippen LogP contribution in [0.25, 0.3) is 0 Å². The average Bonchev–Trinajstić information content (AvgIpc) is 3.09. The summed E-state index contributed by atoms with van der Waals surface area (Å²) in [4.78, 5) is 12.5. The first-order valence-electron chi connectivity index (χ1n) is 8.58. The van der Waals surface area contributed by atoms with Crippen molar-refractivity contribution in [1.29, 1.82) is 0 Å². The van der Waals surface area contributed by atoms with Gasteiger partial charge in [-0.05, 0) is 36.5 Å². The number of carbonyl (C=O) groups excluding carboxylic acids is 1. The fraction of sp³-hybridized carbons (Fsp3) is 0.611. The summed E-state index contributed by atoms with van der Waals surface area (Å²) in [5, 5.41) is 6.64. The number of amides is 1. The van der Waals surface area contributed by atoms with E-state index in [9.17, 15) is 9.18 Å². The molecule has 1 saturated carbocycles. The van der Waals surface area contributed by atoms with E-state index >= 15 is 0 Å². The molecular weight excluding hydrogens is 311 g/mol. The zero-order chi connectivity index (χ0) is 16.1. The Hall–Kier alpha value is -1.07. The molecule has 0 aromatic heterocycles. The van der Waals surface area contributed by atoms with Crippen LogP contribution in [0.2, 0.25) is 0 Å². The summed E-state index contributed by atoms with van der Waals surface area (Å²) in [5.41, 5.74) is 1.03. The van der Waals surface area contributed by atoms with Crippen molar-refractivity contribution in [2.24, 2.45) is 5.92 Å². The second-order valence-electron chi connectivity index (χ2n) is 6.57. The largest absolute Gasteiger partial charge is 0.349 e. The van der Waals surface area contributed by atoms with Gasteiger partial charge in [0.15, 0.2) is 0 Å². The number of thioether (sulfide) groups is 1. The third-order valence-corrected chi connectivity index (χ3v) is 5.98. The Labute approximate surface area is 141 Å². The molecule has 1 aromatic carbocycles. The molecule has 126 valence electrons. The molecule has 1 aromatic rings. The summed E-state index contributed by atoms with van der Waals surface area (Å²) in [6.45, 7) is 0.979. The smallest absolute Gasteiger partial charge is 0.222 e. The molecule has 1 aliphatic carbocycles. The highest BCUT2D eigenvalue weighted by Crippen LogP contribution is 2.35. The molecule has 23 heavy (non-hydrogen) atoms. The Balaban J connectivity index is 1.65. The van der Waals surface area contributed by atoms with Gasteiger partial charge < -0.3 is 10.6 Å². The predicted molar refractivity (Wildman–Crippen MR) is 93.0 cm³/mol. The minimum atomic E-state index is -0.228. The van der Waals surface area contributed by atoms with Crippen LogP contribution in [0.4, 0.5) is 4.39 Å². The van der Waals surface area contributed by atoms with Crippen LogP contribution in [-0.2, 0) is 4.79 Å². The number of rotatable bonds is 5. The number of hydrogen-bond acceptors (Lipinski definition) is 3. The van der Waals surface area contributed by atoms with Crippen LogP contribution >= 0.6 is 11.8 Å². The van der Waals surface area contributed by atoms with Crippen molar-refractivity contribution in [3.8, 4) is 0 Å². The van der Waals surface area contributed by atoms with Crippen LogP contribution in [0.3, 0.4) is 0 Å². The van der Waals surface area contributed by atoms with Gasteiger partial charge in [0.1, 0.15) is 5.82 Å². The zero-order valence-electron chi connectivity index (χ0n) is 13.4. The van der Waals surface area contributed by atoms with Crippen molar-refractivity contribution < 1.29 is 9.18 Å². The first-order valence-corrected chi connectivity index (χ1v) is 9.74. The molecule has 5 heteroatoms. The van der Waals surface area contributed by atoms with Gasteiger partial charge >= 0.3 is 0 Å². The SMILES string of the molecule is O=C(CC1CSCCN1)NC(c1ccc(F)cc1)C1CCCC1. The van der Waals surface area contributed by atoms with Crippen molar-refractivity contribution in [3.63, 3.8) is 0 Å². The average molecular weight is 336 g/mol. The van der Waals surface area contributed by atoms with Crippen molar-refractivity contribution in [2.75, 3.05) is 18.1 Å². The monoisotopic (exact) mass is 336 g/mol. The van der Waals surface area contributed by atoms with Gasteiger partial charge in [0, 0.05) is 30.5 Å². The lowest BCUT2D eigenvalue weighted by Gasteiger charge is -2.27. The number of nitrogens with one attached hydrogen (secondary N) is 2. The number of carbonyl (C=O) groups is 1. The van der Waals surface area contributed by atoms with Gasteiger partial charge in [-0.25, -0.2) is 4.39 Å². The van der Waals surface area contributed by atoms with Gasteiger partial charge in [0.25, 0.3) is 0 Å². The Morgan fingerprint density at radius 2 is 2.04 bits per heavy atom. The standard InChI is InChI=1S/C18H25FN2OS/c19-15-7-5-14(6-8-15)18(13-3-1-2-4-13)21-17(22)11-16-12-23-10-9-20-16/h5-8,13,16,18,20H,1-4,9-12H2,(H,21,22). The summed E-state index contributed by atoms with van der Waals surface area (Å²) in [6, 6.07) is 6.89. The third kappa shape index (κ3) is 4.70. The molecular formula is C18H25FN2OS. The molecule has 1 saturated heterocycles. The van der Waals surface area contributed by atoms with E-state index in [1.807, 2.05) is 23.9 Å². The van der Waals surface area contributed by atoms with E-state index in [1.54, 1.807) is 0 Å². The normalized spacial score (nSPS) is 23.6.